The van der Waals surface area contributed by atoms with Crippen molar-refractivity contribution in [2.45, 2.75) is 19.0 Å². The molecule has 210 valence electrons. The molecule has 12 heteroatoms. The number of non-ortho nitro benzene ring substituents is 1. The molecule has 0 saturated carbocycles. The van der Waals surface area contributed by atoms with Crippen molar-refractivity contribution in [2.75, 3.05) is 31.0 Å². The number of carbonyl (C=O) groups is 1. The van der Waals surface area contributed by atoms with Gasteiger partial charge >= 0.3 is 0 Å². The molecule has 2 atom stereocenters. The summed E-state index contributed by atoms with van der Waals surface area (Å²) in [6.45, 7) is 1.85. The van der Waals surface area contributed by atoms with Gasteiger partial charge in [-0.15, -0.1) is 0 Å². The van der Waals surface area contributed by atoms with Gasteiger partial charge in [-0.25, -0.2) is 0 Å². The number of nitro groups is 1. The number of amides is 1. The van der Waals surface area contributed by atoms with E-state index in [0.717, 1.165) is 16.9 Å². The number of methoxy groups -OCH3 is 2. The zero-order valence-corrected chi connectivity index (χ0v) is 23.3. The summed E-state index contributed by atoms with van der Waals surface area (Å²) in [7, 11) is 2.92. The van der Waals surface area contributed by atoms with E-state index in [-0.39, 0.29) is 24.2 Å². The summed E-state index contributed by atoms with van der Waals surface area (Å²) in [5.74, 6) is 1.15. The van der Waals surface area contributed by atoms with E-state index in [1.54, 1.807) is 18.3 Å². The third-order valence-electron chi connectivity index (χ3n) is 6.72. The second-order valence-electron chi connectivity index (χ2n) is 9.32. The number of nitrogens with zero attached hydrogens (tertiary/aromatic N) is 3. The van der Waals surface area contributed by atoms with E-state index in [0.29, 0.717) is 33.6 Å². The van der Waals surface area contributed by atoms with E-state index in [2.05, 4.69) is 15.6 Å². The Labute approximate surface area is 241 Å². The van der Waals surface area contributed by atoms with Crippen LogP contribution in [0.1, 0.15) is 29.1 Å². The number of pyridine rings is 1. The predicted molar refractivity (Wildman–Crippen MR) is 157 cm³/mol. The lowest BCUT2D eigenvalue weighted by Gasteiger charge is -2.27. The smallest absolute Gasteiger partial charge is 0.273 e. The highest BCUT2D eigenvalue weighted by Gasteiger charge is 2.42. The maximum absolute atomic E-state index is 12.1. The summed E-state index contributed by atoms with van der Waals surface area (Å²) in [5, 5.41) is 18.0. The lowest BCUT2D eigenvalue weighted by Crippen LogP contribution is -2.29. The minimum atomic E-state index is -0.476. The number of aromatic nitrogens is 1. The van der Waals surface area contributed by atoms with Crippen LogP contribution in [0, 0.1) is 17.0 Å². The van der Waals surface area contributed by atoms with Crippen LogP contribution in [-0.4, -0.2) is 41.8 Å². The molecule has 0 aliphatic carbocycles. The van der Waals surface area contributed by atoms with Crippen LogP contribution < -0.4 is 20.3 Å². The molecule has 0 radical (unpaired) electrons. The minimum absolute atomic E-state index is 0.0461. The highest BCUT2D eigenvalue weighted by atomic mass is 32.1. The molecule has 0 bridgehead atoms. The number of benzene rings is 2. The van der Waals surface area contributed by atoms with Crippen LogP contribution in [0.15, 0.2) is 77.3 Å². The molecule has 0 spiro atoms. The van der Waals surface area contributed by atoms with Gasteiger partial charge in [-0.3, -0.25) is 19.9 Å². The van der Waals surface area contributed by atoms with Crippen LogP contribution in [-0.2, 0) is 9.53 Å². The molecule has 0 unspecified atom stereocenters. The summed E-state index contributed by atoms with van der Waals surface area (Å²) < 4.78 is 16.7. The van der Waals surface area contributed by atoms with E-state index in [9.17, 15) is 14.9 Å². The SMILES string of the molecule is COCC(=O)Nc1ccc(N2C(=S)N[C@H](c3ccccn3)[C@@H]2c2ccc(-c3ccc([N+](=O)[O-])cc3OC)o2)cc1C. The Morgan fingerprint density at radius 2 is 2.00 bits per heavy atom. The normalized spacial score (nSPS) is 16.4. The van der Waals surface area contributed by atoms with E-state index < -0.39 is 11.0 Å². The highest BCUT2D eigenvalue weighted by molar-refractivity contribution is 7.80. The van der Waals surface area contributed by atoms with Crippen LogP contribution >= 0.6 is 12.2 Å². The van der Waals surface area contributed by atoms with Crippen LogP contribution in [0.3, 0.4) is 0 Å². The molecule has 1 saturated heterocycles. The number of hydrogen-bond acceptors (Lipinski definition) is 8. The number of nitrogens with one attached hydrogen (secondary N) is 2. The summed E-state index contributed by atoms with van der Waals surface area (Å²) in [4.78, 5) is 29.4. The Balaban J connectivity index is 1.55. The van der Waals surface area contributed by atoms with Crippen LogP contribution in [0.4, 0.5) is 17.1 Å². The highest BCUT2D eigenvalue weighted by Crippen LogP contribution is 2.44. The zero-order valence-electron chi connectivity index (χ0n) is 22.5. The van der Waals surface area contributed by atoms with Crippen molar-refractivity contribution in [3.8, 4) is 17.1 Å². The van der Waals surface area contributed by atoms with Crippen molar-refractivity contribution in [3.63, 3.8) is 0 Å². The van der Waals surface area contributed by atoms with Gasteiger partial charge in [0.15, 0.2) is 5.11 Å². The van der Waals surface area contributed by atoms with E-state index in [1.807, 2.05) is 54.3 Å². The van der Waals surface area contributed by atoms with Crippen molar-refractivity contribution in [3.05, 3.63) is 100 Å². The standard InChI is InChI=1S/C29H27N5O6S/c1-17-14-18(8-10-21(17)31-26(35)16-38-2)33-28(27(32-29(33)41)22-6-4-5-13-30-22)24-12-11-23(40-24)20-9-7-19(34(36)37)15-25(20)39-3/h4-15,27-28H,16H2,1-3H3,(H,31,35)(H,32,41)/t27-,28+/m1/s1. The first kappa shape index (κ1) is 27.7. The first-order valence-corrected chi connectivity index (χ1v) is 13.0. The van der Waals surface area contributed by atoms with Crippen molar-refractivity contribution in [1.82, 2.24) is 10.3 Å². The Morgan fingerprint density at radius 3 is 2.68 bits per heavy atom. The van der Waals surface area contributed by atoms with Crippen molar-refractivity contribution in [1.29, 1.82) is 0 Å². The Hall–Kier alpha value is -4.81. The third kappa shape index (κ3) is 5.60. The van der Waals surface area contributed by atoms with Crippen molar-refractivity contribution < 1.29 is 23.6 Å². The molecule has 11 nitrogen and oxygen atoms in total. The van der Waals surface area contributed by atoms with E-state index in [4.69, 9.17) is 26.1 Å². The molecule has 1 fully saturated rings. The fourth-order valence-electron chi connectivity index (χ4n) is 4.83. The van der Waals surface area contributed by atoms with Gasteiger partial charge in [-0.2, -0.15) is 0 Å². The zero-order chi connectivity index (χ0) is 29.1. The third-order valence-corrected chi connectivity index (χ3v) is 7.03. The van der Waals surface area contributed by atoms with Crippen LogP contribution in [0.2, 0.25) is 0 Å². The van der Waals surface area contributed by atoms with Gasteiger partial charge in [0.1, 0.15) is 29.9 Å². The number of ether oxygens (including phenoxy) is 2. The Morgan fingerprint density at radius 1 is 1.17 bits per heavy atom. The molecule has 5 rings (SSSR count). The molecule has 1 aliphatic rings. The number of carbonyl (C=O) groups excluding carboxylic acids is 1. The van der Waals surface area contributed by atoms with E-state index >= 15 is 0 Å². The summed E-state index contributed by atoms with van der Waals surface area (Å²) >= 11 is 5.81. The fourth-order valence-corrected chi connectivity index (χ4v) is 5.18. The monoisotopic (exact) mass is 573 g/mol. The van der Waals surface area contributed by atoms with Gasteiger partial charge in [0, 0.05) is 30.7 Å². The summed E-state index contributed by atoms with van der Waals surface area (Å²) in [5.41, 5.74) is 3.56. The topological polar surface area (TPSA) is 132 Å². The van der Waals surface area contributed by atoms with Gasteiger partial charge in [0.05, 0.1) is 35.4 Å². The largest absolute Gasteiger partial charge is 0.496 e. The van der Waals surface area contributed by atoms with Gasteiger partial charge in [-0.1, -0.05) is 6.07 Å². The molecule has 2 N–H and O–H groups in total. The number of hydrogen-bond donors (Lipinski definition) is 2. The quantitative estimate of drug-likeness (QED) is 0.154. The number of nitro benzene ring substituents is 1. The number of thiocarbonyl (C=S) groups is 1. The first-order chi connectivity index (χ1) is 19.8. The number of aryl methyl sites for hydroxylation is 1. The maximum atomic E-state index is 12.1. The second-order valence-corrected chi connectivity index (χ2v) is 9.71. The molecular weight excluding hydrogens is 546 g/mol. The summed E-state index contributed by atoms with van der Waals surface area (Å²) in [6.07, 6.45) is 1.72. The summed E-state index contributed by atoms with van der Waals surface area (Å²) in [6, 6.07) is 18.6. The predicted octanol–water partition coefficient (Wildman–Crippen LogP) is 5.33. The van der Waals surface area contributed by atoms with Crippen LogP contribution in [0.25, 0.3) is 11.3 Å². The lowest BCUT2D eigenvalue weighted by atomic mass is 10.0. The molecule has 4 aromatic rings. The number of furan rings is 1. The number of rotatable bonds is 9. The molecule has 1 aliphatic heterocycles. The molecule has 3 heterocycles. The lowest BCUT2D eigenvalue weighted by molar-refractivity contribution is -0.384. The second kappa shape index (κ2) is 11.7. The minimum Gasteiger partial charge on any atom is -0.496 e. The molecular formula is C29H27N5O6S. The van der Waals surface area contributed by atoms with Crippen molar-refractivity contribution in [2.24, 2.45) is 0 Å². The molecule has 2 aromatic carbocycles. The van der Waals surface area contributed by atoms with Gasteiger partial charge < -0.3 is 29.4 Å². The average molecular weight is 574 g/mol. The average Bonchev–Trinajstić information content (AvgIpc) is 3.59. The van der Waals surface area contributed by atoms with Gasteiger partial charge in [-0.05, 0) is 73.2 Å². The van der Waals surface area contributed by atoms with Gasteiger partial charge in [0.25, 0.3) is 5.69 Å². The van der Waals surface area contributed by atoms with Crippen molar-refractivity contribution >= 4 is 40.3 Å². The maximum Gasteiger partial charge on any atom is 0.273 e. The van der Waals surface area contributed by atoms with E-state index in [1.165, 1.54) is 26.4 Å². The molecule has 1 amide bonds. The number of anilines is 2. The van der Waals surface area contributed by atoms with Crippen LogP contribution in [0.5, 0.6) is 5.75 Å². The fraction of sp³-hybridized carbons (Fsp3) is 0.207. The molecule has 41 heavy (non-hydrogen) atoms. The first-order valence-electron chi connectivity index (χ1n) is 12.6. The Kier molecular flexibility index (Phi) is 7.95. The Bertz CT molecular complexity index is 1610. The van der Waals surface area contributed by atoms with Gasteiger partial charge in [0.2, 0.25) is 5.91 Å². The molecule has 2 aromatic heterocycles.